The van der Waals surface area contributed by atoms with E-state index in [4.69, 9.17) is 10.3 Å². The number of aromatic nitrogens is 1. The summed E-state index contributed by atoms with van der Waals surface area (Å²) in [7, 11) is 0. The van der Waals surface area contributed by atoms with Crippen molar-refractivity contribution in [2.45, 2.75) is 13.8 Å². The molecule has 2 rings (SSSR count). The molecule has 1 aromatic heterocycles. The van der Waals surface area contributed by atoms with Gasteiger partial charge in [0.15, 0.2) is 0 Å². The molecule has 6 nitrogen and oxygen atoms in total. The van der Waals surface area contributed by atoms with E-state index in [1.165, 1.54) is 18.2 Å². The second-order valence-corrected chi connectivity index (χ2v) is 3.95. The Balaban J connectivity index is 2.27. The second kappa shape index (κ2) is 4.40. The molecule has 18 heavy (non-hydrogen) atoms. The maximum absolute atomic E-state index is 12.0. The number of nitrogens with two attached hydrogens (primary N) is 1. The number of anilines is 2. The first kappa shape index (κ1) is 12.0. The molecule has 0 unspecified atom stereocenters. The molecule has 2 aromatic rings. The highest BCUT2D eigenvalue weighted by atomic mass is 16.5. The average Bonchev–Trinajstić information content (AvgIpc) is 2.64. The maximum Gasteiger partial charge on any atom is 0.260 e. The fraction of sp³-hybridized carbons (Fsp3) is 0.167. The average molecular weight is 247 g/mol. The number of phenols is 1. The Labute approximate surface area is 103 Å². The highest BCUT2D eigenvalue weighted by Gasteiger charge is 2.15. The molecule has 0 aliphatic heterocycles. The van der Waals surface area contributed by atoms with Crippen LogP contribution in [0.5, 0.6) is 5.75 Å². The molecule has 1 amide bonds. The molecular weight excluding hydrogens is 234 g/mol. The van der Waals surface area contributed by atoms with E-state index < -0.39 is 5.91 Å². The van der Waals surface area contributed by atoms with Gasteiger partial charge in [-0.1, -0.05) is 5.16 Å². The van der Waals surface area contributed by atoms with Gasteiger partial charge in [-0.15, -0.1) is 0 Å². The third-order valence-electron chi connectivity index (χ3n) is 2.67. The van der Waals surface area contributed by atoms with Crippen molar-refractivity contribution in [1.29, 1.82) is 0 Å². The lowest BCUT2D eigenvalue weighted by Gasteiger charge is -2.06. The summed E-state index contributed by atoms with van der Waals surface area (Å²) in [6.45, 7) is 3.56. The third kappa shape index (κ3) is 2.13. The van der Waals surface area contributed by atoms with Crippen molar-refractivity contribution in [2.75, 3.05) is 11.1 Å². The van der Waals surface area contributed by atoms with E-state index in [0.717, 1.165) is 5.56 Å². The van der Waals surface area contributed by atoms with Crippen LogP contribution in [0, 0.1) is 13.8 Å². The fourth-order valence-electron chi connectivity index (χ4n) is 1.44. The Hall–Kier alpha value is -2.50. The lowest BCUT2D eigenvalue weighted by Crippen LogP contribution is -2.14. The maximum atomic E-state index is 12.0. The molecule has 0 saturated heterocycles. The summed E-state index contributed by atoms with van der Waals surface area (Å²) >= 11 is 0. The SMILES string of the molecule is Cc1noc(NC(=O)c2cc(O)ccc2N)c1C. The van der Waals surface area contributed by atoms with Crippen molar-refractivity contribution in [1.82, 2.24) is 5.16 Å². The summed E-state index contributed by atoms with van der Waals surface area (Å²) in [5.74, 6) is -0.206. The van der Waals surface area contributed by atoms with E-state index in [1.807, 2.05) is 0 Å². The standard InChI is InChI=1S/C12H13N3O3/c1-6-7(2)15-18-12(6)14-11(17)9-5-8(16)3-4-10(9)13/h3-5,16H,13H2,1-2H3,(H,14,17). The minimum Gasteiger partial charge on any atom is -0.508 e. The summed E-state index contributed by atoms with van der Waals surface area (Å²) in [4.78, 5) is 12.0. The number of carbonyl (C=O) groups excluding carboxylic acids is 1. The molecule has 0 fully saturated rings. The first-order valence-corrected chi connectivity index (χ1v) is 5.31. The summed E-state index contributed by atoms with van der Waals surface area (Å²) in [5, 5.41) is 15.6. The van der Waals surface area contributed by atoms with Gasteiger partial charge in [0.1, 0.15) is 5.75 Å². The topological polar surface area (TPSA) is 101 Å². The van der Waals surface area contributed by atoms with E-state index in [9.17, 15) is 9.90 Å². The number of nitrogens with zero attached hydrogens (tertiary/aromatic N) is 1. The van der Waals surface area contributed by atoms with Crippen LogP contribution in [-0.4, -0.2) is 16.2 Å². The van der Waals surface area contributed by atoms with Crippen molar-refractivity contribution in [3.05, 3.63) is 35.0 Å². The van der Waals surface area contributed by atoms with E-state index in [0.29, 0.717) is 5.69 Å². The number of phenolic OH excluding ortho intramolecular Hbond substituents is 1. The number of amides is 1. The van der Waals surface area contributed by atoms with Gasteiger partial charge in [0.25, 0.3) is 5.91 Å². The van der Waals surface area contributed by atoms with Crippen molar-refractivity contribution >= 4 is 17.5 Å². The summed E-state index contributed by atoms with van der Waals surface area (Å²) < 4.78 is 4.97. The fourth-order valence-corrected chi connectivity index (χ4v) is 1.44. The highest BCUT2D eigenvalue weighted by molar-refractivity contribution is 6.07. The van der Waals surface area contributed by atoms with Crippen molar-refractivity contribution in [2.24, 2.45) is 0 Å². The lowest BCUT2D eigenvalue weighted by atomic mass is 10.1. The predicted octanol–water partition coefficient (Wildman–Crippen LogP) is 1.83. The van der Waals surface area contributed by atoms with Crippen molar-refractivity contribution in [3.63, 3.8) is 0 Å². The molecule has 0 saturated carbocycles. The number of aryl methyl sites for hydroxylation is 1. The van der Waals surface area contributed by atoms with Crippen LogP contribution in [0.3, 0.4) is 0 Å². The highest BCUT2D eigenvalue weighted by Crippen LogP contribution is 2.22. The smallest absolute Gasteiger partial charge is 0.260 e. The predicted molar refractivity (Wildman–Crippen MR) is 66.4 cm³/mol. The molecule has 1 aromatic carbocycles. The van der Waals surface area contributed by atoms with Gasteiger partial charge >= 0.3 is 0 Å². The Morgan fingerprint density at radius 1 is 1.44 bits per heavy atom. The van der Waals surface area contributed by atoms with Crippen molar-refractivity contribution in [3.8, 4) is 5.75 Å². The van der Waals surface area contributed by atoms with E-state index in [-0.39, 0.29) is 22.9 Å². The molecule has 0 radical (unpaired) electrons. The molecule has 1 heterocycles. The van der Waals surface area contributed by atoms with Crippen LogP contribution in [-0.2, 0) is 0 Å². The Kier molecular flexibility index (Phi) is 2.93. The molecule has 0 aliphatic carbocycles. The molecule has 4 N–H and O–H groups in total. The third-order valence-corrected chi connectivity index (χ3v) is 2.67. The summed E-state index contributed by atoms with van der Waals surface area (Å²) in [6, 6.07) is 4.17. The number of benzene rings is 1. The number of aromatic hydroxyl groups is 1. The van der Waals surface area contributed by atoms with Crippen LogP contribution in [0.1, 0.15) is 21.6 Å². The van der Waals surface area contributed by atoms with Gasteiger partial charge in [0.05, 0.1) is 11.3 Å². The monoisotopic (exact) mass is 247 g/mol. The molecule has 6 heteroatoms. The number of hydrogen-bond donors (Lipinski definition) is 3. The Morgan fingerprint density at radius 2 is 2.17 bits per heavy atom. The molecule has 0 spiro atoms. The largest absolute Gasteiger partial charge is 0.508 e. The van der Waals surface area contributed by atoms with E-state index in [2.05, 4.69) is 10.5 Å². The first-order chi connectivity index (χ1) is 8.49. The number of carbonyl (C=O) groups is 1. The first-order valence-electron chi connectivity index (χ1n) is 5.31. The van der Waals surface area contributed by atoms with Gasteiger partial charge in [-0.2, -0.15) is 0 Å². The minimum atomic E-state index is -0.456. The van der Waals surface area contributed by atoms with Gasteiger partial charge in [0, 0.05) is 11.3 Å². The van der Waals surface area contributed by atoms with Crippen LogP contribution in [0.4, 0.5) is 11.6 Å². The minimum absolute atomic E-state index is 0.0279. The lowest BCUT2D eigenvalue weighted by molar-refractivity contribution is 0.102. The zero-order chi connectivity index (χ0) is 13.3. The molecule has 94 valence electrons. The van der Waals surface area contributed by atoms with Gasteiger partial charge in [0.2, 0.25) is 5.88 Å². The normalized spacial score (nSPS) is 10.3. The number of nitrogen functional groups attached to an aromatic ring is 1. The van der Waals surface area contributed by atoms with Gasteiger partial charge in [-0.3, -0.25) is 10.1 Å². The van der Waals surface area contributed by atoms with Crippen LogP contribution in [0.2, 0.25) is 0 Å². The van der Waals surface area contributed by atoms with Crippen molar-refractivity contribution < 1.29 is 14.4 Å². The molecule has 0 aliphatic rings. The number of nitrogens with one attached hydrogen (secondary N) is 1. The van der Waals surface area contributed by atoms with Gasteiger partial charge in [-0.05, 0) is 32.0 Å². The number of rotatable bonds is 2. The van der Waals surface area contributed by atoms with Gasteiger partial charge < -0.3 is 15.4 Å². The molecule has 0 atom stereocenters. The number of hydrogen-bond acceptors (Lipinski definition) is 5. The zero-order valence-electron chi connectivity index (χ0n) is 10.0. The molecular formula is C12H13N3O3. The van der Waals surface area contributed by atoms with Crippen LogP contribution >= 0.6 is 0 Å². The summed E-state index contributed by atoms with van der Waals surface area (Å²) in [5.41, 5.74) is 7.58. The zero-order valence-corrected chi connectivity index (χ0v) is 10.0. The van der Waals surface area contributed by atoms with Crippen LogP contribution < -0.4 is 11.1 Å². The van der Waals surface area contributed by atoms with Crippen LogP contribution in [0.25, 0.3) is 0 Å². The van der Waals surface area contributed by atoms with E-state index in [1.54, 1.807) is 13.8 Å². The Morgan fingerprint density at radius 3 is 2.78 bits per heavy atom. The second-order valence-electron chi connectivity index (χ2n) is 3.95. The van der Waals surface area contributed by atoms with E-state index >= 15 is 0 Å². The summed E-state index contributed by atoms with van der Waals surface area (Å²) in [6.07, 6.45) is 0. The van der Waals surface area contributed by atoms with Gasteiger partial charge in [-0.25, -0.2) is 0 Å². The van der Waals surface area contributed by atoms with Crippen LogP contribution in [0.15, 0.2) is 22.7 Å². The quantitative estimate of drug-likeness (QED) is 0.555. The Bertz CT molecular complexity index is 605. The molecule has 0 bridgehead atoms.